The first-order valence-corrected chi connectivity index (χ1v) is 9.96. The van der Waals surface area contributed by atoms with Crippen LogP contribution in [0.4, 0.5) is 18.3 Å². The summed E-state index contributed by atoms with van der Waals surface area (Å²) < 4.78 is 41.6. The van der Waals surface area contributed by atoms with E-state index in [4.69, 9.17) is 0 Å². The lowest BCUT2D eigenvalue weighted by Crippen LogP contribution is -2.46. The fourth-order valence-corrected chi connectivity index (χ4v) is 5.71. The number of rotatable bonds is 3. The lowest BCUT2D eigenvalue weighted by atomic mass is 9.55. The number of nitrogens with one attached hydrogen (secondary N) is 1. The molecule has 2 bridgehead atoms. The molecular formula is C19H21F3N2O2S. The van der Waals surface area contributed by atoms with E-state index in [9.17, 15) is 18.0 Å². The van der Waals surface area contributed by atoms with E-state index in [0.29, 0.717) is 15.3 Å². The summed E-state index contributed by atoms with van der Waals surface area (Å²) in [7, 11) is 0. The first-order valence-electron chi connectivity index (χ1n) is 9.14. The van der Waals surface area contributed by atoms with E-state index in [-0.39, 0.29) is 22.5 Å². The van der Waals surface area contributed by atoms with Crippen molar-refractivity contribution in [2.45, 2.75) is 58.2 Å². The molecule has 2 aliphatic rings. The molecule has 1 heterocycles. The van der Waals surface area contributed by atoms with Crippen LogP contribution in [-0.4, -0.2) is 17.3 Å². The van der Waals surface area contributed by atoms with Gasteiger partial charge in [0.1, 0.15) is 5.75 Å². The molecule has 146 valence electrons. The van der Waals surface area contributed by atoms with Gasteiger partial charge in [-0.3, -0.25) is 4.79 Å². The molecule has 27 heavy (non-hydrogen) atoms. The van der Waals surface area contributed by atoms with Gasteiger partial charge in [0.15, 0.2) is 5.13 Å². The quantitative estimate of drug-likeness (QED) is 0.702. The van der Waals surface area contributed by atoms with Crippen molar-refractivity contribution < 1.29 is 22.7 Å². The van der Waals surface area contributed by atoms with Crippen LogP contribution in [0.1, 0.15) is 51.9 Å². The third-order valence-electron chi connectivity index (χ3n) is 5.93. The molecule has 1 aromatic carbocycles. The molecule has 0 atom stereocenters. The number of amides is 1. The minimum Gasteiger partial charge on any atom is -0.406 e. The lowest BCUT2D eigenvalue weighted by Gasteiger charge is -2.49. The Morgan fingerprint density at radius 2 is 1.93 bits per heavy atom. The van der Waals surface area contributed by atoms with E-state index < -0.39 is 6.36 Å². The van der Waals surface area contributed by atoms with Crippen LogP contribution < -0.4 is 10.1 Å². The van der Waals surface area contributed by atoms with Crippen LogP contribution in [0.25, 0.3) is 10.2 Å². The average molecular weight is 398 g/mol. The van der Waals surface area contributed by atoms with E-state index in [0.717, 1.165) is 32.1 Å². The summed E-state index contributed by atoms with van der Waals surface area (Å²) in [5.41, 5.74) is 0.443. The molecule has 0 spiro atoms. The van der Waals surface area contributed by atoms with Crippen molar-refractivity contribution in [3.63, 3.8) is 0 Å². The lowest BCUT2D eigenvalue weighted by molar-refractivity contribution is -0.274. The van der Waals surface area contributed by atoms with Gasteiger partial charge >= 0.3 is 6.36 Å². The van der Waals surface area contributed by atoms with E-state index in [1.165, 1.54) is 42.4 Å². The number of thiazole rings is 1. The van der Waals surface area contributed by atoms with Crippen LogP contribution in [-0.2, 0) is 4.79 Å². The number of hydrogen-bond donors (Lipinski definition) is 1. The number of anilines is 1. The first kappa shape index (κ1) is 18.5. The SMILES string of the molecule is CC12CCCC(C(=O)Nc3nc4ccc(OC(F)(F)F)cc4s3)(CCC1)C2. The zero-order valence-electron chi connectivity index (χ0n) is 15.0. The number of aromatic nitrogens is 1. The molecule has 1 N–H and O–H groups in total. The standard InChI is InChI=1S/C19H21F3N2O2S/c1-17-6-2-8-18(11-17,9-3-7-17)15(25)24-16-23-13-5-4-12(10-14(13)27-16)26-19(20,21)22/h4-5,10H,2-3,6-9,11H2,1H3,(H,23,24,25). The van der Waals surface area contributed by atoms with Gasteiger partial charge in [-0.1, -0.05) is 31.1 Å². The van der Waals surface area contributed by atoms with Gasteiger partial charge in [0.05, 0.1) is 15.6 Å². The smallest absolute Gasteiger partial charge is 0.406 e. The van der Waals surface area contributed by atoms with Gasteiger partial charge in [-0.25, -0.2) is 4.98 Å². The van der Waals surface area contributed by atoms with Crippen LogP contribution in [0.5, 0.6) is 5.75 Å². The van der Waals surface area contributed by atoms with Crippen LogP contribution in [0.3, 0.4) is 0 Å². The Morgan fingerprint density at radius 3 is 2.59 bits per heavy atom. The first-order chi connectivity index (χ1) is 12.7. The third kappa shape index (κ3) is 3.77. The number of alkyl halides is 3. The fraction of sp³-hybridized carbons (Fsp3) is 0.579. The van der Waals surface area contributed by atoms with Crippen LogP contribution in [0.15, 0.2) is 18.2 Å². The molecule has 4 nitrogen and oxygen atoms in total. The Balaban J connectivity index is 1.53. The normalized spacial score (nSPS) is 28.1. The maximum absolute atomic E-state index is 13.1. The van der Waals surface area contributed by atoms with Crippen molar-refractivity contribution in [2.75, 3.05) is 5.32 Å². The van der Waals surface area contributed by atoms with Gasteiger partial charge in [-0.2, -0.15) is 0 Å². The molecule has 1 amide bonds. The fourth-order valence-electron chi connectivity index (χ4n) is 4.82. The van der Waals surface area contributed by atoms with E-state index >= 15 is 0 Å². The molecule has 8 heteroatoms. The number of carbonyl (C=O) groups is 1. The van der Waals surface area contributed by atoms with Crippen molar-refractivity contribution in [2.24, 2.45) is 10.8 Å². The molecule has 2 aliphatic carbocycles. The highest BCUT2D eigenvalue weighted by molar-refractivity contribution is 7.22. The third-order valence-corrected chi connectivity index (χ3v) is 6.87. The van der Waals surface area contributed by atoms with E-state index in [1.807, 2.05) is 0 Å². The Bertz CT molecular complexity index is 867. The van der Waals surface area contributed by atoms with Crippen LogP contribution in [0.2, 0.25) is 0 Å². The van der Waals surface area contributed by atoms with Gasteiger partial charge in [0.2, 0.25) is 5.91 Å². The summed E-state index contributed by atoms with van der Waals surface area (Å²) in [6, 6.07) is 4.00. The molecule has 4 rings (SSSR count). The van der Waals surface area contributed by atoms with Crippen LogP contribution >= 0.6 is 11.3 Å². The molecular weight excluding hydrogens is 377 g/mol. The van der Waals surface area contributed by atoms with Crippen LogP contribution in [0, 0.1) is 10.8 Å². The van der Waals surface area contributed by atoms with Gasteiger partial charge < -0.3 is 10.1 Å². The van der Waals surface area contributed by atoms with Crippen molar-refractivity contribution in [1.29, 1.82) is 0 Å². The van der Waals surface area contributed by atoms with Gasteiger partial charge in [-0.05, 0) is 49.7 Å². The second-order valence-electron chi connectivity index (χ2n) is 8.13. The van der Waals surface area contributed by atoms with E-state index in [1.54, 1.807) is 0 Å². The summed E-state index contributed by atoms with van der Waals surface area (Å²) in [6.45, 7) is 2.27. The number of fused-ring (bicyclic) bond motifs is 3. The highest BCUT2D eigenvalue weighted by Gasteiger charge is 2.49. The molecule has 0 aliphatic heterocycles. The monoisotopic (exact) mass is 398 g/mol. The maximum Gasteiger partial charge on any atom is 0.573 e. The molecule has 1 aromatic heterocycles. The number of benzene rings is 1. The summed E-state index contributed by atoms with van der Waals surface area (Å²) in [5, 5.41) is 3.36. The summed E-state index contributed by atoms with van der Waals surface area (Å²) in [6.07, 6.45) is 2.41. The molecule has 2 fully saturated rings. The second kappa shape index (κ2) is 6.36. The van der Waals surface area contributed by atoms with Crippen molar-refractivity contribution in [3.05, 3.63) is 18.2 Å². The topological polar surface area (TPSA) is 51.2 Å². The Hall–Kier alpha value is -1.83. The van der Waals surface area contributed by atoms with Gasteiger partial charge in [-0.15, -0.1) is 13.2 Å². The number of halogens is 3. The highest BCUT2D eigenvalue weighted by atomic mass is 32.1. The van der Waals surface area contributed by atoms with E-state index in [2.05, 4.69) is 22.0 Å². The minimum atomic E-state index is -4.73. The minimum absolute atomic E-state index is 0.000976. The Morgan fingerprint density at radius 1 is 1.22 bits per heavy atom. The number of carbonyl (C=O) groups excluding carboxylic acids is 1. The Labute approximate surface area is 159 Å². The summed E-state index contributed by atoms with van der Waals surface area (Å²) >= 11 is 1.17. The van der Waals surface area contributed by atoms with Gasteiger partial charge in [0, 0.05) is 6.07 Å². The largest absolute Gasteiger partial charge is 0.573 e. The molecule has 0 saturated heterocycles. The predicted octanol–water partition coefficient (Wildman–Crippen LogP) is 5.88. The average Bonchev–Trinajstić information content (AvgIpc) is 2.94. The van der Waals surface area contributed by atoms with Gasteiger partial charge in [0.25, 0.3) is 0 Å². The summed E-state index contributed by atoms with van der Waals surface area (Å²) in [4.78, 5) is 17.4. The second-order valence-corrected chi connectivity index (χ2v) is 9.16. The number of hydrogen-bond acceptors (Lipinski definition) is 4. The molecule has 0 unspecified atom stereocenters. The summed E-state index contributed by atoms with van der Waals surface area (Å²) in [5.74, 6) is -0.288. The number of ether oxygens (including phenoxy) is 1. The molecule has 0 radical (unpaired) electrons. The highest BCUT2D eigenvalue weighted by Crippen LogP contribution is 2.55. The maximum atomic E-state index is 13.1. The molecule has 2 aromatic rings. The predicted molar refractivity (Wildman–Crippen MR) is 97.8 cm³/mol. The number of nitrogens with zero attached hydrogens (tertiary/aromatic N) is 1. The zero-order chi connectivity index (χ0) is 19.3. The van der Waals surface area contributed by atoms with Crippen molar-refractivity contribution in [1.82, 2.24) is 4.98 Å². The Kier molecular flexibility index (Phi) is 4.36. The van der Waals surface area contributed by atoms with Crippen molar-refractivity contribution >= 4 is 32.6 Å². The zero-order valence-corrected chi connectivity index (χ0v) is 15.8. The molecule has 2 saturated carbocycles. The van der Waals surface area contributed by atoms with Crippen molar-refractivity contribution in [3.8, 4) is 5.75 Å².